The van der Waals surface area contributed by atoms with E-state index in [-0.39, 0.29) is 36.0 Å². The second kappa shape index (κ2) is 17.4. The summed E-state index contributed by atoms with van der Waals surface area (Å²) >= 11 is 6.55. The molecule has 2 saturated heterocycles. The Morgan fingerprint density at radius 2 is 1.36 bits per heavy atom. The van der Waals surface area contributed by atoms with Crippen molar-refractivity contribution in [1.29, 1.82) is 0 Å². The zero-order valence-corrected chi connectivity index (χ0v) is 31.0. The van der Waals surface area contributed by atoms with Gasteiger partial charge in [0.05, 0.1) is 5.41 Å². The summed E-state index contributed by atoms with van der Waals surface area (Å²) in [4.78, 5) is 66.5. The van der Waals surface area contributed by atoms with Crippen LogP contribution in [0.1, 0.15) is 65.0 Å². The Morgan fingerprint density at radius 3 is 1.92 bits per heavy atom. The molecule has 6 rings (SSSR count). The number of halogens is 1. The van der Waals surface area contributed by atoms with Crippen LogP contribution in [-0.2, 0) is 26.3 Å². The van der Waals surface area contributed by atoms with Crippen LogP contribution in [0.15, 0.2) is 91.0 Å². The van der Waals surface area contributed by atoms with E-state index < -0.39 is 5.41 Å². The van der Waals surface area contributed by atoms with Crippen molar-refractivity contribution < 1.29 is 24.0 Å². The van der Waals surface area contributed by atoms with Crippen molar-refractivity contribution >= 4 is 52.5 Å². The number of hydrogen-bond acceptors (Lipinski definition) is 7. The van der Waals surface area contributed by atoms with E-state index in [1.807, 2.05) is 48.2 Å². The minimum atomic E-state index is -0.778. The summed E-state index contributed by atoms with van der Waals surface area (Å²) in [6, 6.07) is 27.0. The fraction of sp³-hybridized carbons (Fsp3) is 0.293. The van der Waals surface area contributed by atoms with Crippen LogP contribution in [0.5, 0.6) is 0 Å². The van der Waals surface area contributed by atoms with E-state index in [0.29, 0.717) is 45.9 Å². The number of piperazine rings is 1. The third kappa shape index (κ3) is 9.18. The van der Waals surface area contributed by atoms with Gasteiger partial charge in [-0.25, -0.2) is 0 Å². The summed E-state index contributed by atoms with van der Waals surface area (Å²) in [6.07, 6.45) is 1.28. The minimum absolute atomic E-state index is 0.113. The van der Waals surface area contributed by atoms with Crippen molar-refractivity contribution in [2.45, 2.75) is 45.1 Å². The maximum atomic E-state index is 13.3. The molecule has 4 aromatic rings. The zero-order valence-electron chi connectivity index (χ0n) is 30.2. The fourth-order valence-corrected chi connectivity index (χ4v) is 6.93. The summed E-state index contributed by atoms with van der Waals surface area (Å²) in [5.74, 6) is -1.02. The molecule has 5 amide bonds. The van der Waals surface area contributed by atoms with Gasteiger partial charge in [-0.2, -0.15) is 0 Å². The van der Waals surface area contributed by atoms with Gasteiger partial charge in [-0.1, -0.05) is 54.9 Å². The van der Waals surface area contributed by atoms with Crippen molar-refractivity contribution in [3.05, 3.63) is 118 Å². The predicted octanol–water partition coefficient (Wildman–Crippen LogP) is 5.84. The number of rotatable bonds is 9. The third-order valence-corrected chi connectivity index (χ3v) is 10.2. The molecule has 4 aromatic carbocycles. The van der Waals surface area contributed by atoms with E-state index in [1.54, 1.807) is 61.5 Å². The van der Waals surface area contributed by atoms with Gasteiger partial charge in [-0.05, 0) is 91.2 Å². The van der Waals surface area contributed by atoms with Gasteiger partial charge in [0.2, 0.25) is 17.7 Å². The highest BCUT2D eigenvalue weighted by Gasteiger charge is 2.42. The van der Waals surface area contributed by atoms with E-state index in [2.05, 4.69) is 26.6 Å². The van der Waals surface area contributed by atoms with Crippen molar-refractivity contribution in [3.63, 3.8) is 0 Å². The Labute approximate surface area is 314 Å². The molecule has 276 valence electrons. The lowest BCUT2D eigenvalue weighted by Gasteiger charge is -2.35. The van der Waals surface area contributed by atoms with E-state index in [9.17, 15) is 24.0 Å². The molecule has 2 heterocycles. The van der Waals surface area contributed by atoms with Gasteiger partial charge >= 0.3 is 0 Å². The summed E-state index contributed by atoms with van der Waals surface area (Å²) in [5, 5.41) is 8.77. The maximum Gasteiger partial charge on any atom is 0.255 e. The molecule has 2 aliphatic heterocycles. The first kappa shape index (κ1) is 38.9. The topological polar surface area (TPSA) is 154 Å². The maximum absolute atomic E-state index is 13.3. The first-order valence-electron chi connectivity index (χ1n) is 17.7. The molecule has 0 bridgehead atoms. The molecule has 0 aliphatic carbocycles. The van der Waals surface area contributed by atoms with Crippen molar-refractivity contribution in [1.82, 2.24) is 15.1 Å². The number of imide groups is 1. The third-order valence-electron chi connectivity index (χ3n) is 9.89. The Bertz CT molecular complexity index is 1960. The molecule has 2 aliphatic rings. The quantitative estimate of drug-likeness (QED) is 0.158. The standard InChI is InChI=1S/C40H40ClN5O5.CH5N/c1-3-40(19-18-36(48)44-39(40)51)31-11-15-33(16-12-31)43-38(50)30-10-17-35(41)34(24-30)28-6-8-29(9-7-28)37(49)42-32-13-4-27(5-14-32)25-45-20-22-46(23-21-45)26(2)47;1-2/h4-17,24H,3,18-23,25H2,1-2H3,(H,42,49)(H,43,50)(H,44,48,51);2H2,1H3. The molecule has 1 atom stereocenters. The highest BCUT2D eigenvalue weighted by molar-refractivity contribution is 6.33. The van der Waals surface area contributed by atoms with Crippen LogP contribution in [0, 0.1) is 0 Å². The van der Waals surface area contributed by atoms with Crippen LogP contribution in [0.2, 0.25) is 5.02 Å². The number of nitrogens with one attached hydrogen (secondary N) is 3. The Balaban J connectivity index is 0.00000266. The minimum Gasteiger partial charge on any atom is -0.340 e. The van der Waals surface area contributed by atoms with E-state index in [4.69, 9.17) is 11.6 Å². The number of hydrogen-bond donors (Lipinski definition) is 4. The second-order valence-electron chi connectivity index (χ2n) is 13.0. The number of nitrogens with two attached hydrogens (primary N) is 1. The first-order chi connectivity index (χ1) is 25.5. The lowest BCUT2D eigenvalue weighted by molar-refractivity contribution is -0.138. The zero-order chi connectivity index (χ0) is 38.1. The molecule has 5 N–H and O–H groups in total. The fourth-order valence-electron chi connectivity index (χ4n) is 6.71. The molecular formula is C41H45ClN6O5. The molecule has 0 spiro atoms. The SMILES string of the molecule is CCC1(c2ccc(NC(=O)c3ccc(Cl)c(-c4ccc(C(=O)Nc5ccc(CN6CCN(C(C)=O)CC6)cc5)cc4)c3)cc2)CCC(=O)NC1=O.CN. The lowest BCUT2D eigenvalue weighted by atomic mass is 9.72. The molecule has 11 nitrogen and oxygen atoms in total. The van der Waals surface area contributed by atoms with Crippen LogP contribution in [0.3, 0.4) is 0 Å². The Hall–Kier alpha value is -5.36. The number of nitrogens with zero attached hydrogens (tertiary/aromatic N) is 2. The van der Waals surface area contributed by atoms with Crippen molar-refractivity contribution in [2.75, 3.05) is 43.9 Å². The highest BCUT2D eigenvalue weighted by atomic mass is 35.5. The van der Waals surface area contributed by atoms with Crippen LogP contribution in [0.4, 0.5) is 11.4 Å². The van der Waals surface area contributed by atoms with Gasteiger partial charge in [0.1, 0.15) is 0 Å². The number of carbonyl (C=O) groups is 5. The van der Waals surface area contributed by atoms with Gasteiger partial charge in [0.25, 0.3) is 11.8 Å². The van der Waals surface area contributed by atoms with Crippen molar-refractivity contribution in [2.24, 2.45) is 5.73 Å². The molecule has 2 fully saturated rings. The number of benzene rings is 4. The van der Waals surface area contributed by atoms with Crippen LogP contribution < -0.4 is 21.7 Å². The average Bonchev–Trinajstić information content (AvgIpc) is 3.17. The van der Waals surface area contributed by atoms with Gasteiger partial charge < -0.3 is 21.3 Å². The van der Waals surface area contributed by atoms with Crippen LogP contribution >= 0.6 is 11.6 Å². The Kier molecular flexibility index (Phi) is 12.8. The molecule has 53 heavy (non-hydrogen) atoms. The molecular weight excluding hydrogens is 692 g/mol. The summed E-state index contributed by atoms with van der Waals surface area (Å²) < 4.78 is 0. The molecule has 0 saturated carbocycles. The summed E-state index contributed by atoms with van der Waals surface area (Å²) in [6.45, 7) is 7.45. The molecule has 0 radical (unpaired) electrons. The van der Waals surface area contributed by atoms with E-state index in [0.717, 1.165) is 49.4 Å². The molecule has 0 aromatic heterocycles. The van der Waals surface area contributed by atoms with Gasteiger partial charge in [0.15, 0.2) is 0 Å². The molecule has 1 unspecified atom stereocenters. The normalized spacial score (nSPS) is 17.3. The molecule has 12 heteroatoms. The van der Waals surface area contributed by atoms with Gasteiger partial charge in [0, 0.05) is 79.2 Å². The van der Waals surface area contributed by atoms with Gasteiger partial charge in [-0.3, -0.25) is 34.2 Å². The van der Waals surface area contributed by atoms with E-state index in [1.165, 1.54) is 7.05 Å². The second-order valence-corrected chi connectivity index (χ2v) is 13.5. The average molecular weight is 737 g/mol. The monoisotopic (exact) mass is 736 g/mol. The van der Waals surface area contributed by atoms with E-state index >= 15 is 0 Å². The number of amides is 5. The van der Waals surface area contributed by atoms with Crippen LogP contribution in [0.25, 0.3) is 11.1 Å². The lowest BCUT2D eigenvalue weighted by Crippen LogP contribution is -2.51. The first-order valence-corrected chi connectivity index (χ1v) is 18.0. The number of anilines is 2. The summed E-state index contributed by atoms with van der Waals surface area (Å²) in [5.41, 5.74) is 9.17. The predicted molar refractivity (Wildman–Crippen MR) is 208 cm³/mol. The Morgan fingerprint density at radius 1 is 0.792 bits per heavy atom. The van der Waals surface area contributed by atoms with Crippen molar-refractivity contribution in [3.8, 4) is 11.1 Å². The van der Waals surface area contributed by atoms with Gasteiger partial charge in [-0.15, -0.1) is 0 Å². The number of piperidine rings is 1. The summed E-state index contributed by atoms with van der Waals surface area (Å²) in [7, 11) is 1.50. The number of carbonyl (C=O) groups excluding carboxylic acids is 5. The highest BCUT2D eigenvalue weighted by Crippen LogP contribution is 2.36. The largest absolute Gasteiger partial charge is 0.340 e. The smallest absolute Gasteiger partial charge is 0.255 e. The van der Waals surface area contributed by atoms with Crippen LogP contribution in [-0.4, -0.2) is 72.6 Å².